The van der Waals surface area contributed by atoms with Gasteiger partial charge in [-0.3, -0.25) is 0 Å². The molecule has 6 nitrogen and oxygen atoms in total. The van der Waals surface area contributed by atoms with Crippen molar-refractivity contribution in [2.24, 2.45) is 0 Å². The molecule has 0 saturated carbocycles. The Bertz CT molecular complexity index is 573. The van der Waals surface area contributed by atoms with E-state index in [1.54, 1.807) is 0 Å². The number of hydrogen-bond donors (Lipinski definition) is 2. The predicted octanol–water partition coefficient (Wildman–Crippen LogP) is 1.85. The van der Waals surface area contributed by atoms with Crippen molar-refractivity contribution in [2.45, 2.75) is 18.2 Å². The fraction of sp³-hybridized carbons (Fsp3) is 0.417. The van der Waals surface area contributed by atoms with Gasteiger partial charge < -0.3 is 9.84 Å². The summed E-state index contributed by atoms with van der Waals surface area (Å²) in [4.78, 5) is 10.8. The zero-order valence-electron chi connectivity index (χ0n) is 10.9. The van der Waals surface area contributed by atoms with Crippen LogP contribution < -0.4 is 4.72 Å². The Morgan fingerprint density at radius 3 is 2.70 bits per heavy atom. The number of rotatable bonds is 8. The van der Waals surface area contributed by atoms with Gasteiger partial charge >= 0.3 is 5.97 Å². The van der Waals surface area contributed by atoms with Gasteiger partial charge in [-0.1, -0.05) is 0 Å². The fourth-order valence-corrected chi connectivity index (χ4v) is 3.60. The number of halogens is 1. The second-order valence-corrected chi connectivity index (χ2v) is 6.49. The van der Waals surface area contributed by atoms with Gasteiger partial charge in [0.05, 0.1) is 10.5 Å². The van der Waals surface area contributed by atoms with E-state index in [0.29, 0.717) is 19.6 Å². The van der Waals surface area contributed by atoms with Crippen molar-refractivity contribution < 1.29 is 23.1 Å². The Morgan fingerprint density at radius 1 is 1.45 bits per heavy atom. The molecule has 0 radical (unpaired) electrons. The summed E-state index contributed by atoms with van der Waals surface area (Å²) in [6, 6.07) is 3.78. The quantitative estimate of drug-likeness (QED) is 0.685. The van der Waals surface area contributed by atoms with Crippen molar-refractivity contribution >= 4 is 31.9 Å². The Morgan fingerprint density at radius 2 is 2.15 bits per heavy atom. The molecule has 20 heavy (non-hydrogen) atoms. The molecule has 0 amide bonds. The number of carboxylic acid groups (broad SMARTS) is 1. The number of ether oxygens (including phenoxy) is 1. The van der Waals surface area contributed by atoms with E-state index in [1.807, 2.05) is 6.92 Å². The summed E-state index contributed by atoms with van der Waals surface area (Å²) in [5, 5.41) is 8.83. The van der Waals surface area contributed by atoms with Gasteiger partial charge in [-0.2, -0.15) is 0 Å². The topological polar surface area (TPSA) is 92.7 Å². The number of carbonyl (C=O) groups is 1. The molecule has 0 bridgehead atoms. The van der Waals surface area contributed by atoms with E-state index in [4.69, 9.17) is 9.84 Å². The van der Waals surface area contributed by atoms with E-state index in [1.165, 1.54) is 18.2 Å². The van der Waals surface area contributed by atoms with Crippen LogP contribution >= 0.6 is 15.9 Å². The van der Waals surface area contributed by atoms with Crippen molar-refractivity contribution in [1.82, 2.24) is 4.72 Å². The van der Waals surface area contributed by atoms with Gasteiger partial charge in [-0.15, -0.1) is 0 Å². The Balaban J connectivity index is 2.75. The molecule has 1 aromatic carbocycles. The molecule has 0 atom stereocenters. The van der Waals surface area contributed by atoms with Crippen LogP contribution in [-0.4, -0.2) is 39.3 Å². The Labute approximate surface area is 126 Å². The van der Waals surface area contributed by atoms with E-state index < -0.39 is 16.0 Å². The fourth-order valence-electron chi connectivity index (χ4n) is 1.45. The zero-order chi connectivity index (χ0) is 15.2. The molecule has 0 fully saturated rings. The first-order valence-corrected chi connectivity index (χ1v) is 8.26. The van der Waals surface area contributed by atoms with Crippen LogP contribution in [0.15, 0.2) is 27.6 Å². The monoisotopic (exact) mass is 365 g/mol. The van der Waals surface area contributed by atoms with Gasteiger partial charge in [-0.25, -0.2) is 17.9 Å². The summed E-state index contributed by atoms with van der Waals surface area (Å²) in [6.07, 6.45) is 0.567. The minimum atomic E-state index is -3.67. The van der Waals surface area contributed by atoms with Crippen LogP contribution in [0.2, 0.25) is 0 Å². The van der Waals surface area contributed by atoms with Crippen molar-refractivity contribution in [3.8, 4) is 0 Å². The summed E-state index contributed by atoms with van der Waals surface area (Å²) in [5.74, 6) is -1.11. The van der Waals surface area contributed by atoms with E-state index in [-0.39, 0.29) is 21.5 Å². The van der Waals surface area contributed by atoms with Crippen LogP contribution in [0.4, 0.5) is 0 Å². The smallest absolute Gasteiger partial charge is 0.335 e. The van der Waals surface area contributed by atoms with Crippen molar-refractivity contribution in [1.29, 1.82) is 0 Å². The SMILES string of the molecule is CCOCCCNS(=O)(=O)c1ccc(C(=O)O)cc1Br. The Hall–Kier alpha value is -0.960. The minimum absolute atomic E-state index is 0.0129. The second-order valence-electron chi connectivity index (χ2n) is 3.90. The van der Waals surface area contributed by atoms with E-state index in [0.717, 1.165) is 0 Å². The number of benzene rings is 1. The van der Waals surface area contributed by atoms with Crippen LogP contribution in [0, 0.1) is 0 Å². The molecule has 2 N–H and O–H groups in total. The molecule has 0 aliphatic heterocycles. The molecular formula is C12H16BrNO5S. The molecule has 0 heterocycles. The first kappa shape index (κ1) is 17.1. The normalized spacial score (nSPS) is 11.5. The average molecular weight is 366 g/mol. The molecular weight excluding hydrogens is 350 g/mol. The summed E-state index contributed by atoms with van der Waals surface area (Å²) in [7, 11) is -3.67. The van der Waals surface area contributed by atoms with Gasteiger partial charge in [0.2, 0.25) is 10.0 Å². The third-order valence-corrected chi connectivity index (χ3v) is 4.87. The van der Waals surface area contributed by atoms with Gasteiger partial charge in [0.25, 0.3) is 0 Å². The number of hydrogen-bond acceptors (Lipinski definition) is 4. The first-order valence-electron chi connectivity index (χ1n) is 5.98. The molecule has 0 aliphatic carbocycles. The lowest BCUT2D eigenvalue weighted by Crippen LogP contribution is -2.26. The molecule has 0 aliphatic rings. The van der Waals surface area contributed by atoms with Crippen LogP contribution in [0.3, 0.4) is 0 Å². The molecule has 1 aromatic rings. The van der Waals surface area contributed by atoms with E-state index >= 15 is 0 Å². The number of carboxylic acids is 1. The second kappa shape index (κ2) is 7.72. The van der Waals surface area contributed by atoms with Gasteiger partial charge in [0, 0.05) is 24.2 Å². The standard InChI is InChI=1S/C12H16BrNO5S/c1-2-19-7-3-6-14-20(17,18)11-5-4-9(12(15)16)8-10(11)13/h4-5,8,14H,2-3,6-7H2,1H3,(H,15,16). The molecule has 0 spiro atoms. The van der Waals surface area contributed by atoms with Crippen LogP contribution in [0.5, 0.6) is 0 Å². The summed E-state index contributed by atoms with van der Waals surface area (Å²) < 4.78 is 31.8. The highest BCUT2D eigenvalue weighted by Crippen LogP contribution is 2.23. The largest absolute Gasteiger partial charge is 0.478 e. The molecule has 0 aromatic heterocycles. The average Bonchev–Trinajstić information content (AvgIpc) is 2.37. The lowest BCUT2D eigenvalue weighted by Gasteiger charge is -2.09. The zero-order valence-corrected chi connectivity index (χ0v) is 13.3. The van der Waals surface area contributed by atoms with Crippen molar-refractivity contribution in [3.63, 3.8) is 0 Å². The van der Waals surface area contributed by atoms with Crippen LogP contribution in [-0.2, 0) is 14.8 Å². The highest BCUT2D eigenvalue weighted by atomic mass is 79.9. The highest BCUT2D eigenvalue weighted by Gasteiger charge is 2.18. The maximum Gasteiger partial charge on any atom is 0.335 e. The summed E-state index contributed by atoms with van der Waals surface area (Å²) >= 11 is 3.08. The van der Waals surface area contributed by atoms with Crippen molar-refractivity contribution in [2.75, 3.05) is 19.8 Å². The molecule has 0 unspecified atom stereocenters. The number of nitrogens with one attached hydrogen (secondary N) is 1. The summed E-state index contributed by atoms with van der Waals surface area (Å²) in [5.41, 5.74) is 0.0205. The molecule has 1 rings (SSSR count). The van der Waals surface area contributed by atoms with Crippen LogP contribution in [0.25, 0.3) is 0 Å². The maximum absolute atomic E-state index is 12.0. The van der Waals surface area contributed by atoms with Gasteiger partial charge in [0.15, 0.2) is 0 Å². The first-order chi connectivity index (χ1) is 9.38. The third-order valence-electron chi connectivity index (χ3n) is 2.43. The number of aromatic carboxylic acids is 1. The Kier molecular flexibility index (Phi) is 6.60. The lowest BCUT2D eigenvalue weighted by atomic mass is 10.2. The van der Waals surface area contributed by atoms with Gasteiger partial charge in [0.1, 0.15) is 0 Å². The third kappa shape index (κ3) is 4.86. The number of sulfonamides is 1. The minimum Gasteiger partial charge on any atom is -0.478 e. The van der Waals surface area contributed by atoms with Gasteiger partial charge in [-0.05, 0) is 47.5 Å². The molecule has 8 heteroatoms. The molecule has 0 saturated heterocycles. The lowest BCUT2D eigenvalue weighted by molar-refractivity contribution is 0.0696. The highest BCUT2D eigenvalue weighted by molar-refractivity contribution is 9.10. The van der Waals surface area contributed by atoms with Crippen molar-refractivity contribution in [3.05, 3.63) is 28.2 Å². The summed E-state index contributed by atoms with van der Waals surface area (Å²) in [6.45, 7) is 3.20. The van der Waals surface area contributed by atoms with Crippen LogP contribution in [0.1, 0.15) is 23.7 Å². The molecule has 112 valence electrons. The maximum atomic E-state index is 12.0. The van der Waals surface area contributed by atoms with E-state index in [9.17, 15) is 13.2 Å². The van der Waals surface area contributed by atoms with E-state index in [2.05, 4.69) is 20.7 Å². The predicted molar refractivity (Wildman–Crippen MR) is 77.4 cm³/mol.